The van der Waals surface area contributed by atoms with E-state index in [4.69, 9.17) is 0 Å². The molecule has 2 aliphatic rings. The second kappa shape index (κ2) is 5.14. The lowest BCUT2D eigenvalue weighted by molar-refractivity contribution is -0.403. The summed E-state index contributed by atoms with van der Waals surface area (Å²) in [4.78, 5) is 0. The van der Waals surface area contributed by atoms with E-state index < -0.39 is 0 Å². The summed E-state index contributed by atoms with van der Waals surface area (Å²) in [5, 5.41) is 0. The molecular formula is C22H26N2+2. The largest absolute Gasteiger partial charge is 0.209 e. The first-order chi connectivity index (χ1) is 11.4. The third-order valence-corrected chi connectivity index (χ3v) is 6.13. The van der Waals surface area contributed by atoms with Crippen LogP contribution in [0.15, 0.2) is 42.5 Å². The summed E-state index contributed by atoms with van der Waals surface area (Å²) in [5.74, 6) is 0. The van der Waals surface area contributed by atoms with Crippen LogP contribution < -0.4 is 0 Å². The molecule has 2 heteroatoms. The maximum atomic E-state index is 2.42. The summed E-state index contributed by atoms with van der Waals surface area (Å²) in [5.41, 5.74) is 10.1. The first kappa shape index (κ1) is 15.3. The van der Waals surface area contributed by atoms with Crippen LogP contribution >= 0.6 is 0 Å². The van der Waals surface area contributed by atoms with Crippen molar-refractivity contribution in [3.8, 4) is 0 Å². The van der Waals surface area contributed by atoms with Crippen molar-refractivity contribution in [3.63, 3.8) is 0 Å². The Morgan fingerprint density at radius 2 is 1.71 bits per heavy atom. The molecule has 0 amide bonds. The van der Waals surface area contributed by atoms with E-state index in [-0.39, 0.29) is 5.41 Å². The molecule has 2 aliphatic heterocycles. The van der Waals surface area contributed by atoms with Gasteiger partial charge in [0.1, 0.15) is 14.1 Å². The number of hydrogen-bond donors (Lipinski definition) is 0. The molecule has 2 aromatic rings. The molecule has 24 heavy (non-hydrogen) atoms. The molecule has 0 aromatic heterocycles. The predicted molar refractivity (Wildman–Crippen MR) is 101 cm³/mol. The van der Waals surface area contributed by atoms with Crippen molar-refractivity contribution in [2.45, 2.75) is 39.0 Å². The van der Waals surface area contributed by atoms with Gasteiger partial charge in [-0.25, -0.2) is 9.15 Å². The van der Waals surface area contributed by atoms with E-state index in [0.29, 0.717) is 0 Å². The van der Waals surface area contributed by atoms with E-state index >= 15 is 0 Å². The average Bonchev–Trinajstić information content (AvgIpc) is 2.97. The van der Waals surface area contributed by atoms with Crippen LogP contribution in [0, 0.1) is 0 Å². The van der Waals surface area contributed by atoms with Crippen LogP contribution in [0.5, 0.6) is 0 Å². The van der Waals surface area contributed by atoms with E-state index in [0.717, 1.165) is 12.8 Å². The number of rotatable bonds is 2. The zero-order chi connectivity index (χ0) is 17.1. The number of fused-ring (bicyclic) bond motifs is 2. The molecule has 0 bridgehead atoms. The summed E-state index contributed by atoms with van der Waals surface area (Å²) in [6.45, 7) is 6.91. The Morgan fingerprint density at radius 1 is 0.958 bits per heavy atom. The molecule has 0 aliphatic carbocycles. The van der Waals surface area contributed by atoms with Gasteiger partial charge in [0, 0.05) is 30.2 Å². The average molecular weight is 318 g/mol. The third kappa shape index (κ3) is 2.09. The normalized spacial score (nSPS) is 18.2. The number of benzene rings is 2. The molecule has 0 fully saturated rings. The van der Waals surface area contributed by atoms with Gasteiger partial charge >= 0.3 is 0 Å². The molecule has 122 valence electrons. The summed E-state index contributed by atoms with van der Waals surface area (Å²) >= 11 is 0. The molecule has 0 spiro atoms. The highest BCUT2D eigenvalue weighted by molar-refractivity contribution is 5.94. The topological polar surface area (TPSA) is 6.02 Å². The fourth-order valence-electron chi connectivity index (χ4n) is 4.19. The molecule has 0 saturated carbocycles. The summed E-state index contributed by atoms with van der Waals surface area (Å²) in [6, 6.07) is 15.8. The van der Waals surface area contributed by atoms with E-state index in [1.165, 1.54) is 39.5 Å². The fraction of sp³-hybridized carbons (Fsp3) is 0.364. The van der Waals surface area contributed by atoms with Gasteiger partial charge in [-0.3, -0.25) is 0 Å². The molecule has 4 rings (SSSR count). The second-order valence-electron chi connectivity index (χ2n) is 7.73. The van der Waals surface area contributed by atoms with Crippen molar-refractivity contribution in [2.75, 3.05) is 14.1 Å². The molecule has 2 aromatic carbocycles. The minimum Gasteiger partial charge on any atom is -0.202 e. The van der Waals surface area contributed by atoms with Gasteiger partial charge in [0.05, 0.1) is 18.3 Å². The molecule has 0 atom stereocenters. The zero-order valence-electron chi connectivity index (χ0n) is 15.4. The third-order valence-electron chi connectivity index (χ3n) is 6.13. The van der Waals surface area contributed by atoms with Crippen LogP contribution in [0.3, 0.4) is 0 Å². The Labute approximate surface area is 144 Å². The van der Waals surface area contributed by atoms with Crippen LogP contribution in [0.25, 0.3) is 0 Å². The smallest absolute Gasteiger partial charge is 0.202 e. The number of nitrogens with zero attached hydrogens (tertiary/aromatic N) is 2. The molecule has 2 nitrogen and oxygen atoms in total. The first-order valence-corrected chi connectivity index (χ1v) is 8.77. The monoisotopic (exact) mass is 318 g/mol. The van der Waals surface area contributed by atoms with Crippen LogP contribution in [0.2, 0.25) is 0 Å². The molecule has 2 heterocycles. The lowest BCUT2D eigenvalue weighted by Crippen LogP contribution is -2.25. The van der Waals surface area contributed by atoms with Gasteiger partial charge in [-0.1, -0.05) is 24.3 Å². The van der Waals surface area contributed by atoms with Gasteiger partial charge in [0.15, 0.2) is 11.4 Å². The standard InChI is InChI=1S/C22H26N2/c1-15-22(2,3)19-13-16(10-11-21(19)23(15)4)12-18-14-17-8-6-7-9-20(17)24(18)5/h6-11,13H,12,14H2,1-5H3/q+2. The highest BCUT2D eigenvalue weighted by atomic mass is 15.0. The zero-order valence-corrected chi connectivity index (χ0v) is 15.4. The van der Waals surface area contributed by atoms with Crippen LogP contribution in [0.1, 0.15) is 37.5 Å². The van der Waals surface area contributed by atoms with E-state index in [9.17, 15) is 0 Å². The molecule has 0 saturated heterocycles. The predicted octanol–water partition coefficient (Wildman–Crippen LogP) is 4.23. The summed E-state index contributed by atoms with van der Waals surface area (Å²) < 4.78 is 4.71. The van der Waals surface area contributed by atoms with Crippen LogP contribution in [0.4, 0.5) is 11.4 Å². The Kier molecular flexibility index (Phi) is 3.28. The Morgan fingerprint density at radius 3 is 2.46 bits per heavy atom. The Hall–Kier alpha value is -2.22. The Bertz CT molecular complexity index is 913. The van der Waals surface area contributed by atoms with Gasteiger partial charge in [-0.2, -0.15) is 0 Å². The van der Waals surface area contributed by atoms with Crippen LogP contribution in [-0.2, 0) is 18.3 Å². The van der Waals surface area contributed by atoms with Gasteiger partial charge in [0.25, 0.3) is 0 Å². The molecule has 0 unspecified atom stereocenters. The van der Waals surface area contributed by atoms with Crippen molar-refractivity contribution >= 4 is 22.8 Å². The van der Waals surface area contributed by atoms with Crippen molar-refractivity contribution in [1.29, 1.82) is 0 Å². The van der Waals surface area contributed by atoms with Crippen LogP contribution in [-0.4, -0.2) is 34.7 Å². The van der Waals surface area contributed by atoms with Gasteiger partial charge in [0.2, 0.25) is 11.4 Å². The van der Waals surface area contributed by atoms with Gasteiger partial charge in [-0.15, -0.1) is 0 Å². The minimum atomic E-state index is 0.120. The highest BCUT2D eigenvalue weighted by Crippen LogP contribution is 2.39. The van der Waals surface area contributed by atoms with E-state index in [1.54, 1.807) is 0 Å². The number of hydrogen-bond acceptors (Lipinski definition) is 0. The molecule has 0 N–H and O–H groups in total. The van der Waals surface area contributed by atoms with Crippen molar-refractivity contribution in [1.82, 2.24) is 0 Å². The first-order valence-electron chi connectivity index (χ1n) is 8.77. The second-order valence-corrected chi connectivity index (χ2v) is 7.73. The Balaban J connectivity index is 1.68. The SMILES string of the molecule is CC1=[N+](C)c2ccc(CC3=[N+](C)c4ccccc4C3)cc2C1(C)C. The van der Waals surface area contributed by atoms with Gasteiger partial charge < -0.3 is 0 Å². The maximum absolute atomic E-state index is 2.42. The maximum Gasteiger partial charge on any atom is 0.209 e. The van der Waals surface area contributed by atoms with Crippen molar-refractivity contribution in [3.05, 3.63) is 59.2 Å². The van der Waals surface area contributed by atoms with Crippen molar-refractivity contribution in [2.24, 2.45) is 0 Å². The lowest BCUT2D eigenvalue weighted by atomic mass is 9.81. The minimum absolute atomic E-state index is 0.120. The summed E-state index contributed by atoms with van der Waals surface area (Å²) in [7, 11) is 4.38. The van der Waals surface area contributed by atoms with Crippen molar-refractivity contribution < 1.29 is 9.15 Å². The molecule has 0 radical (unpaired) electrons. The van der Waals surface area contributed by atoms with Gasteiger partial charge in [-0.05, 0) is 25.5 Å². The fourth-order valence-corrected chi connectivity index (χ4v) is 4.19. The quantitative estimate of drug-likeness (QED) is 0.731. The molecular weight excluding hydrogens is 292 g/mol. The highest BCUT2D eigenvalue weighted by Gasteiger charge is 2.41. The van der Waals surface area contributed by atoms with E-state index in [1.807, 2.05) is 0 Å². The lowest BCUT2D eigenvalue weighted by Gasteiger charge is -2.15. The van der Waals surface area contributed by atoms with E-state index in [2.05, 4.69) is 86.5 Å². The summed E-state index contributed by atoms with van der Waals surface area (Å²) in [6.07, 6.45) is 2.09. The number of para-hydroxylation sites is 1.